The maximum atomic E-state index is 13.3. The van der Waals surface area contributed by atoms with Crippen molar-refractivity contribution in [2.24, 2.45) is 0 Å². The van der Waals surface area contributed by atoms with Crippen LogP contribution in [0.1, 0.15) is 44.6 Å². The number of hydrogen-bond acceptors (Lipinski definition) is 1. The number of benzene rings is 1. The molecule has 1 aliphatic rings. The Bertz CT molecular complexity index is 560. The number of methoxy groups -OCH3 is 1. The first-order chi connectivity index (χ1) is 10.6. The quantitative estimate of drug-likeness (QED) is 0.501. The summed E-state index contributed by atoms with van der Waals surface area (Å²) in [5.74, 6) is 0.462. The highest BCUT2D eigenvalue weighted by Gasteiger charge is 2.36. The number of halogens is 1. The molecule has 0 amide bonds. The summed E-state index contributed by atoms with van der Waals surface area (Å²) in [6.07, 6.45) is 12.0. The van der Waals surface area contributed by atoms with Gasteiger partial charge in [-0.2, -0.15) is 0 Å². The average Bonchev–Trinajstić information content (AvgIpc) is 2.56. The lowest BCUT2D eigenvalue weighted by molar-refractivity contribution is 0.308. The van der Waals surface area contributed by atoms with Crippen molar-refractivity contribution < 1.29 is 9.13 Å². The Morgan fingerprint density at radius 2 is 1.77 bits per heavy atom. The Labute approximate surface area is 133 Å². The first-order valence-corrected chi connectivity index (χ1v) is 7.96. The zero-order valence-corrected chi connectivity index (χ0v) is 13.6. The van der Waals surface area contributed by atoms with Gasteiger partial charge < -0.3 is 4.74 Å². The van der Waals surface area contributed by atoms with Crippen LogP contribution in [0.15, 0.2) is 60.4 Å². The fraction of sp³-hybridized carbons (Fsp3) is 0.400. The lowest BCUT2D eigenvalue weighted by Crippen LogP contribution is -2.30. The summed E-state index contributed by atoms with van der Waals surface area (Å²) in [5, 5.41) is 0. The van der Waals surface area contributed by atoms with Gasteiger partial charge in [0.2, 0.25) is 0 Å². The summed E-state index contributed by atoms with van der Waals surface area (Å²) in [7, 11) is 1.62. The molecular formula is C20H25FO. The van der Waals surface area contributed by atoms with Gasteiger partial charge in [0.1, 0.15) is 11.6 Å². The largest absolute Gasteiger partial charge is 0.497 e. The Kier molecular flexibility index (Phi) is 5.59. The van der Waals surface area contributed by atoms with E-state index in [0.717, 1.165) is 12.8 Å². The second-order valence-corrected chi connectivity index (χ2v) is 5.90. The lowest BCUT2D eigenvalue weighted by atomic mass is 9.64. The molecule has 0 aromatic heterocycles. The minimum absolute atomic E-state index is 0.0226. The van der Waals surface area contributed by atoms with Gasteiger partial charge in [-0.05, 0) is 49.1 Å². The van der Waals surface area contributed by atoms with Crippen molar-refractivity contribution in [2.75, 3.05) is 7.11 Å². The van der Waals surface area contributed by atoms with Crippen LogP contribution in [0.2, 0.25) is 0 Å². The fourth-order valence-corrected chi connectivity index (χ4v) is 3.45. The van der Waals surface area contributed by atoms with Crippen LogP contribution in [0.5, 0.6) is 0 Å². The molecule has 0 saturated heterocycles. The average molecular weight is 300 g/mol. The molecule has 0 aliphatic heterocycles. The summed E-state index contributed by atoms with van der Waals surface area (Å²) in [4.78, 5) is 0. The summed E-state index contributed by atoms with van der Waals surface area (Å²) in [5.41, 5.74) is 2.44. The van der Waals surface area contributed by atoms with E-state index >= 15 is 0 Å². The van der Waals surface area contributed by atoms with Crippen molar-refractivity contribution in [2.45, 2.75) is 44.4 Å². The van der Waals surface area contributed by atoms with Crippen molar-refractivity contribution >= 4 is 0 Å². The molecule has 0 bridgehead atoms. The molecular weight excluding hydrogens is 275 g/mol. The molecule has 1 aliphatic carbocycles. The van der Waals surface area contributed by atoms with Crippen molar-refractivity contribution in [1.29, 1.82) is 0 Å². The van der Waals surface area contributed by atoms with Gasteiger partial charge in [-0.25, -0.2) is 4.39 Å². The van der Waals surface area contributed by atoms with E-state index in [1.165, 1.54) is 30.4 Å². The normalized spacial score (nSPS) is 18.4. The molecule has 118 valence electrons. The van der Waals surface area contributed by atoms with E-state index in [1.54, 1.807) is 19.2 Å². The standard InChI is InChI=1S/C20H25FO/c1-4-17(9-8-16(2)22-3)20(14-6-5-7-15-20)18-10-12-19(21)13-11-18/h4,8-13H,2,5-7,14-15H2,1,3H3/b9-8-,17-4+. The van der Waals surface area contributed by atoms with E-state index in [0.29, 0.717) is 5.76 Å². The van der Waals surface area contributed by atoms with E-state index in [9.17, 15) is 4.39 Å². The van der Waals surface area contributed by atoms with Crippen LogP contribution in [0.4, 0.5) is 4.39 Å². The highest BCUT2D eigenvalue weighted by Crippen LogP contribution is 2.45. The van der Waals surface area contributed by atoms with Crippen LogP contribution in [0.25, 0.3) is 0 Å². The van der Waals surface area contributed by atoms with Gasteiger partial charge in [-0.1, -0.05) is 50.1 Å². The fourth-order valence-electron chi connectivity index (χ4n) is 3.45. The van der Waals surface area contributed by atoms with Crippen molar-refractivity contribution in [1.82, 2.24) is 0 Å². The van der Waals surface area contributed by atoms with Crippen LogP contribution in [0, 0.1) is 5.82 Å². The molecule has 0 radical (unpaired) electrons. The SMILES string of the molecule is C=C(/C=C\C(=C/C)C1(c2ccc(F)cc2)CCCCC1)OC. The molecule has 0 spiro atoms. The van der Waals surface area contributed by atoms with Crippen LogP contribution in [0.3, 0.4) is 0 Å². The van der Waals surface area contributed by atoms with Gasteiger partial charge in [0.15, 0.2) is 0 Å². The molecule has 1 nitrogen and oxygen atoms in total. The highest BCUT2D eigenvalue weighted by molar-refractivity contribution is 5.43. The number of allylic oxidation sites excluding steroid dienone is 4. The van der Waals surface area contributed by atoms with Gasteiger partial charge in [0.25, 0.3) is 0 Å². The molecule has 0 atom stereocenters. The molecule has 2 heteroatoms. The second-order valence-electron chi connectivity index (χ2n) is 5.90. The van der Waals surface area contributed by atoms with E-state index < -0.39 is 0 Å². The smallest absolute Gasteiger partial charge is 0.123 e. The Morgan fingerprint density at radius 3 is 2.32 bits per heavy atom. The van der Waals surface area contributed by atoms with Gasteiger partial charge in [-0.3, -0.25) is 0 Å². The molecule has 0 unspecified atom stereocenters. The number of rotatable bonds is 5. The first kappa shape index (κ1) is 16.5. The maximum Gasteiger partial charge on any atom is 0.123 e. The van der Waals surface area contributed by atoms with E-state index in [1.807, 2.05) is 18.2 Å². The van der Waals surface area contributed by atoms with Gasteiger partial charge in [0, 0.05) is 5.41 Å². The molecule has 1 aromatic carbocycles. The highest BCUT2D eigenvalue weighted by atomic mass is 19.1. The molecule has 1 fully saturated rings. The summed E-state index contributed by atoms with van der Waals surface area (Å²) >= 11 is 0. The Balaban J connectivity index is 2.41. The van der Waals surface area contributed by atoms with E-state index in [4.69, 9.17) is 4.74 Å². The molecule has 22 heavy (non-hydrogen) atoms. The minimum Gasteiger partial charge on any atom is -0.497 e. The molecule has 0 N–H and O–H groups in total. The monoisotopic (exact) mass is 300 g/mol. The molecule has 1 saturated carbocycles. The summed E-state index contributed by atoms with van der Waals surface area (Å²) in [6, 6.07) is 7.00. The van der Waals surface area contributed by atoms with Crippen molar-refractivity contribution in [3.05, 3.63) is 71.8 Å². The third-order valence-electron chi connectivity index (χ3n) is 4.68. The topological polar surface area (TPSA) is 9.23 Å². The van der Waals surface area contributed by atoms with Crippen LogP contribution in [-0.2, 0) is 10.2 Å². The minimum atomic E-state index is -0.181. The Hall–Kier alpha value is -1.83. The van der Waals surface area contributed by atoms with Crippen LogP contribution >= 0.6 is 0 Å². The molecule has 2 rings (SSSR count). The maximum absolute atomic E-state index is 13.3. The van der Waals surface area contributed by atoms with Crippen LogP contribution in [-0.4, -0.2) is 7.11 Å². The second kappa shape index (κ2) is 7.44. The molecule has 1 aromatic rings. The van der Waals surface area contributed by atoms with Gasteiger partial charge in [0.05, 0.1) is 7.11 Å². The third-order valence-corrected chi connectivity index (χ3v) is 4.68. The van der Waals surface area contributed by atoms with Crippen molar-refractivity contribution in [3.8, 4) is 0 Å². The van der Waals surface area contributed by atoms with Gasteiger partial charge in [-0.15, -0.1) is 0 Å². The predicted molar refractivity (Wildman–Crippen MR) is 90.2 cm³/mol. The van der Waals surface area contributed by atoms with Crippen LogP contribution < -0.4 is 0 Å². The summed E-state index contributed by atoms with van der Waals surface area (Å²) < 4.78 is 18.4. The number of ether oxygens (including phenoxy) is 1. The van der Waals surface area contributed by atoms with Gasteiger partial charge >= 0.3 is 0 Å². The Morgan fingerprint density at radius 1 is 1.14 bits per heavy atom. The van der Waals surface area contributed by atoms with Crippen molar-refractivity contribution in [3.63, 3.8) is 0 Å². The predicted octanol–water partition coefficient (Wildman–Crippen LogP) is 5.69. The zero-order valence-electron chi connectivity index (χ0n) is 13.6. The van der Waals surface area contributed by atoms with E-state index in [-0.39, 0.29) is 11.2 Å². The van der Waals surface area contributed by atoms with E-state index in [2.05, 4.69) is 25.7 Å². The third kappa shape index (κ3) is 3.49. The summed E-state index contributed by atoms with van der Waals surface area (Å²) in [6.45, 7) is 5.91. The number of hydrogen-bond donors (Lipinski definition) is 0. The molecule has 0 heterocycles. The lowest BCUT2D eigenvalue weighted by Gasteiger charge is -2.39. The first-order valence-electron chi connectivity index (χ1n) is 7.96. The zero-order chi connectivity index (χ0) is 16.0.